The molecule has 0 fully saturated rings. The Morgan fingerprint density at radius 1 is 1.11 bits per heavy atom. The molecule has 1 aromatic rings. The van der Waals surface area contributed by atoms with E-state index < -0.39 is 11.5 Å². The van der Waals surface area contributed by atoms with Crippen LogP contribution in [0.2, 0.25) is 0 Å². The molecular weight excluding hydrogens is 234 g/mol. The Morgan fingerprint density at radius 3 is 2.11 bits per heavy atom. The fourth-order valence-electron chi connectivity index (χ4n) is 1.04. The van der Waals surface area contributed by atoms with Gasteiger partial charge in [-0.05, 0) is 45.0 Å². The largest absolute Gasteiger partial charge is 0.453 e. The zero-order valence-corrected chi connectivity index (χ0v) is 10.9. The summed E-state index contributed by atoms with van der Waals surface area (Å²) in [6, 6.07) is 6.47. The number of hydrogen-bond donors (Lipinski definition) is 1. The molecule has 0 heterocycles. The molecule has 0 saturated carbocycles. The van der Waals surface area contributed by atoms with E-state index >= 15 is 0 Å². The number of anilines is 1. The minimum atomic E-state index is -0.553. The number of amides is 1. The second-order valence-corrected chi connectivity index (χ2v) is 4.78. The van der Waals surface area contributed by atoms with Crippen LogP contribution in [0.1, 0.15) is 20.8 Å². The van der Waals surface area contributed by atoms with Crippen molar-refractivity contribution >= 4 is 17.7 Å². The zero-order valence-electron chi connectivity index (χ0n) is 10.9. The number of ether oxygens (including phenoxy) is 2. The van der Waals surface area contributed by atoms with Crippen LogP contribution in [0, 0.1) is 5.41 Å². The Balaban J connectivity index is 2.66. The molecule has 98 valence electrons. The van der Waals surface area contributed by atoms with Gasteiger partial charge in [-0.25, -0.2) is 4.79 Å². The second kappa shape index (κ2) is 5.53. The highest BCUT2D eigenvalue weighted by Gasteiger charge is 2.23. The lowest BCUT2D eigenvalue weighted by Gasteiger charge is -2.16. The van der Waals surface area contributed by atoms with E-state index in [0.717, 1.165) is 0 Å². The summed E-state index contributed by atoms with van der Waals surface area (Å²) in [6.07, 6.45) is -0.547. The fraction of sp³-hybridized carbons (Fsp3) is 0.385. The van der Waals surface area contributed by atoms with Crippen LogP contribution in [0.25, 0.3) is 0 Å². The molecule has 0 unspecified atom stereocenters. The minimum Gasteiger partial charge on any atom is -0.453 e. The standard InChI is InChI=1S/C13H17NO4/c1-13(2,3)11(15)18-10-7-5-9(6-8-10)14-12(16)17-4/h5-8H,1-4H3,(H,14,16). The molecule has 18 heavy (non-hydrogen) atoms. The van der Waals surface area contributed by atoms with Gasteiger partial charge in [0.05, 0.1) is 12.5 Å². The zero-order chi connectivity index (χ0) is 13.8. The van der Waals surface area contributed by atoms with Crippen LogP contribution >= 0.6 is 0 Å². The molecule has 0 saturated heterocycles. The van der Waals surface area contributed by atoms with Gasteiger partial charge >= 0.3 is 12.1 Å². The molecule has 0 atom stereocenters. The lowest BCUT2D eigenvalue weighted by molar-refractivity contribution is -0.142. The van der Waals surface area contributed by atoms with Gasteiger partial charge in [0.25, 0.3) is 0 Å². The Kier molecular flexibility index (Phi) is 4.31. The minimum absolute atomic E-state index is 0.309. The van der Waals surface area contributed by atoms with Gasteiger partial charge in [-0.2, -0.15) is 0 Å². The fourth-order valence-corrected chi connectivity index (χ4v) is 1.04. The molecule has 5 nitrogen and oxygen atoms in total. The van der Waals surface area contributed by atoms with Crippen molar-refractivity contribution < 1.29 is 19.1 Å². The summed E-state index contributed by atoms with van der Waals surface area (Å²) in [4.78, 5) is 22.6. The summed E-state index contributed by atoms with van der Waals surface area (Å²) < 4.78 is 9.64. The van der Waals surface area contributed by atoms with Gasteiger partial charge in [0.1, 0.15) is 5.75 Å². The predicted octanol–water partition coefficient (Wildman–Crippen LogP) is 2.82. The summed E-state index contributed by atoms with van der Waals surface area (Å²) >= 11 is 0. The molecule has 0 radical (unpaired) electrons. The summed E-state index contributed by atoms with van der Waals surface area (Å²) in [5, 5.41) is 2.50. The molecule has 0 aliphatic heterocycles. The summed E-state index contributed by atoms with van der Waals surface area (Å²) in [5.74, 6) is 0.126. The van der Waals surface area contributed by atoms with Crippen LogP contribution in [-0.2, 0) is 9.53 Å². The quantitative estimate of drug-likeness (QED) is 0.648. The molecule has 0 aliphatic rings. The number of carbonyl (C=O) groups excluding carboxylic acids is 2. The number of benzene rings is 1. The first-order chi connectivity index (χ1) is 8.32. The first-order valence-electron chi connectivity index (χ1n) is 5.50. The molecule has 0 spiro atoms. The number of carbonyl (C=O) groups is 2. The van der Waals surface area contributed by atoms with Crippen LogP contribution in [0.5, 0.6) is 5.75 Å². The maximum atomic E-state index is 11.6. The van der Waals surface area contributed by atoms with Crippen molar-refractivity contribution in [1.29, 1.82) is 0 Å². The van der Waals surface area contributed by atoms with Gasteiger partial charge in [0.2, 0.25) is 0 Å². The molecule has 0 bridgehead atoms. The van der Waals surface area contributed by atoms with Gasteiger partial charge in [-0.15, -0.1) is 0 Å². The molecule has 1 N–H and O–H groups in total. The first kappa shape index (κ1) is 14.0. The van der Waals surface area contributed by atoms with E-state index in [2.05, 4.69) is 10.1 Å². The molecule has 1 amide bonds. The van der Waals surface area contributed by atoms with Crippen LogP contribution in [0.4, 0.5) is 10.5 Å². The van der Waals surface area contributed by atoms with E-state index in [1.165, 1.54) is 7.11 Å². The third-order valence-electron chi connectivity index (χ3n) is 2.11. The first-order valence-corrected chi connectivity index (χ1v) is 5.50. The Labute approximate surface area is 106 Å². The summed E-state index contributed by atoms with van der Waals surface area (Å²) in [5.41, 5.74) is 0.0144. The average Bonchev–Trinajstić information content (AvgIpc) is 2.30. The van der Waals surface area contributed by atoms with Crippen molar-refractivity contribution in [2.24, 2.45) is 5.41 Å². The van der Waals surface area contributed by atoms with Gasteiger partial charge < -0.3 is 9.47 Å². The third-order valence-corrected chi connectivity index (χ3v) is 2.11. The Hall–Kier alpha value is -2.04. The highest BCUT2D eigenvalue weighted by Crippen LogP contribution is 2.21. The van der Waals surface area contributed by atoms with Crippen molar-refractivity contribution in [3.63, 3.8) is 0 Å². The SMILES string of the molecule is COC(=O)Nc1ccc(OC(=O)C(C)(C)C)cc1. The maximum absolute atomic E-state index is 11.6. The molecule has 1 rings (SSSR count). The van der Waals surface area contributed by atoms with E-state index in [0.29, 0.717) is 11.4 Å². The second-order valence-electron chi connectivity index (χ2n) is 4.78. The molecule has 0 aliphatic carbocycles. The van der Waals surface area contributed by atoms with Gasteiger partial charge in [0.15, 0.2) is 0 Å². The smallest absolute Gasteiger partial charge is 0.411 e. The predicted molar refractivity (Wildman–Crippen MR) is 67.6 cm³/mol. The van der Waals surface area contributed by atoms with E-state index in [9.17, 15) is 9.59 Å². The third kappa shape index (κ3) is 4.08. The van der Waals surface area contributed by atoms with Gasteiger partial charge in [-0.1, -0.05) is 0 Å². The molecule has 1 aromatic carbocycles. The number of esters is 1. The van der Waals surface area contributed by atoms with E-state index in [1.807, 2.05) is 0 Å². The summed E-state index contributed by atoms with van der Waals surface area (Å²) in [6.45, 7) is 5.34. The lowest BCUT2D eigenvalue weighted by Crippen LogP contribution is -2.25. The number of nitrogens with one attached hydrogen (secondary N) is 1. The number of hydrogen-bond acceptors (Lipinski definition) is 4. The van der Waals surface area contributed by atoms with Crippen molar-refractivity contribution in [2.45, 2.75) is 20.8 Å². The molecule has 5 heteroatoms. The van der Waals surface area contributed by atoms with Crippen LogP contribution < -0.4 is 10.1 Å². The molecular formula is C13H17NO4. The van der Waals surface area contributed by atoms with E-state index in [4.69, 9.17) is 4.74 Å². The molecule has 0 aromatic heterocycles. The van der Waals surface area contributed by atoms with Crippen molar-refractivity contribution in [1.82, 2.24) is 0 Å². The number of methoxy groups -OCH3 is 1. The monoisotopic (exact) mass is 251 g/mol. The van der Waals surface area contributed by atoms with E-state index in [-0.39, 0.29) is 5.97 Å². The van der Waals surface area contributed by atoms with Gasteiger partial charge in [0, 0.05) is 5.69 Å². The summed E-state index contributed by atoms with van der Waals surface area (Å²) in [7, 11) is 1.29. The van der Waals surface area contributed by atoms with Crippen molar-refractivity contribution in [2.75, 3.05) is 12.4 Å². The van der Waals surface area contributed by atoms with Crippen LogP contribution in [0.3, 0.4) is 0 Å². The van der Waals surface area contributed by atoms with Crippen molar-refractivity contribution in [3.05, 3.63) is 24.3 Å². The van der Waals surface area contributed by atoms with Crippen LogP contribution in [0.15, 0.2) is 24.3 Å². The van der Waals surface area contributed by atoms with E-state index in [1.54, 1.807) is 45.0 Å². The lowest BCUT2D eigenvalue weighted by atomic mass is 9.97. The number of rotatable bonds is 2. The Morgan fingerprint density at radius 2 is 1.67 bits per heavy atom. The average molecular weight is 251 g/mol. The topological polar surface area (TPSA) is 64.6 Å². The highest BCUT2D eigenvalue weighted by atomic mass is 16.5. The van der Waals surface area contributed by atoms with Gasteiger partial charge in [-0.3, -0.25) is 10.1 Å². The maximum Gasteiger partial charge on any atom is 0.411 e. The van der Waals surface area contributed by atoms with Crippen molar-refractivity contribution in [3.8, 4) is 5.75 Å². The normalized spacial score (nSPS) is 10.7. The van der Waals surface area contributed by atoms with Crippen LogP contribution in [-0.4, -0.2) is 19.2 Å². The Bertz CT molecular complexity index is 431. The highest BCUT2D eigenvalue weighted by molar-refractivity contribution is 5.84.